The number of rotatable bonds is 9. The lowest BCUT2D eigenvalue weighted by molar-refractivity contribution is -0.131. The van der Waals surface area contributed by atoms with Gasteiger partial charge in [0.1, 0.15) is 0 Å². The van der Waals surface area contributed by atoms with E-state index in [-0.39, 0.29) is 5.91 Å². The molecule has 1 heterocycles. The maximum atomic E-state index is 12.2. The SMILES string of the molecule is CCCN(CCC)C(=O)CCNc1ccc(N2CCCC2)cc1. The van der Waals surface area contributed by atoms with Crippen LogP contribution in [-0.4, -0.2) is 43.5 Å². The Morgan fingerprint density at radius 2 is 1.70 bits per heavy atom. The van der Waals surface area contributed by atoms with Gasteiger partial charge < -0.3 is 15.1 Å². The summed E-state index contributed by atoms with van der Waals surface area (Å²) in [6.07, 6.45) is 5.21. The lowest BCUT2D eigenvalue weighted by atomic mass is 10.2. The summed E-state index contributed by atoms with van der Waals surface area (Å²) in [6.45, 7) is 9.03. The van der Waals surface area contributed by atoms with Gasteiger partial charge in [-0.2, -0.15) is 0 Å². The molecule has 0 unspecified atom stereocenters. The van der Waals surface area contributed by atoms with Crippen molar-refractivity contribution in [1.29, 1.82) is 0 Å². The first kappa shape index (κ1) is 17.6. The molecule has 1 aliphatic heterocycles. The second-order valence-electron chi connectivity index (χ2n) is 6.30. The van der Waals surface area contributed by atoms with Crippen molar-refractivity contribution in [2.75, 3.05) is 42.9 Å². The van der Waals surface area contributed by atoms with Crippen molar-refractivity contribution >= 4 is 17.3 Å². The summed E-state index contributed by atoms with van der Waals surface area (Å²) < 4.78 is 0. The van der Waals surface area contributed by atoms with Crippen LogP contribution in [0.5, 0.6) is 0 Å². The van der Waals surface area contributed by atoms with Crippen molar-refractivity contribution in [3.05, 3.63) is 24.3 Å². The molecule has 4 nitrogen and oxygen atoms in total. The first-order valence-electron chi connectivity index (χ1n) is 9.11. The fourth-order valence-corrected chi connectivity index (χ4v) is 3.14. The zero-order chi connectivity index (χ0) is 16.5. The van der Waals surface area contributed by atoms with Crippen LogP contribution < -0.4 is 10.2 Å². The second kappa shape index (κ2) is 9.43. The van der Waals surface area contributed by atoms with Gasteiger partial charge in [-0.3, -0.25) is 4.79 Å². The fourth-order valence-electron chi connectivity index (χ4n) is 3.14. The van der Waals surface area contributed by atoms with Crippen LogP contribution in [0.2, 0.25) is 0 Å². The molecule has 1 fully saturated rings. The van der Waals surface area contributed by atoms with Crippen LogP contribution in [0.15, 0.2) is 24.3 Å². The Morgan fingerprint density at radius 1 is 1.09 bits per heavy atom. The Labute approximate surface area is 140 Å². The molecule has 0 bridgehead atoms. The monoisotopic (exact) mass is 317 g/mol. The molecule has 1 aliphatic rings. The van der Waals surface area contributed by atoms with Gasteiger partial charge in [-0.15, -0.1) is 0 Å². The molecule has 0 aromatic heterocycles. The van der Waals surface area contributed by atoms with Gasteiger partial charge in [0, 0.05) is 50.5 Å². The van der Waals surface area contributed by atoms with E-state index >= 15 is 0 Å². The summed E-state index contributed by atoms with van der Waals surface area (Å²) in [5, 5.41) is 3.37. The first-order valence-corrected chi connectivity index (χ1v) is 9.11. The highest BCUT2D eigenvalue weighted by molar-refractivity contribution is 5.76. The molecule has 0 atom stereocenters. The Bertz CT molecular complexity index is 460. The molecule has 1 aromatic carbocycles. The van der Waals surface area contributed by atoms with Crippen LogP contribution in [0.1, 0.15) is 46.0 Å². The molecule has 128 valence electrons. The predicted molar refractivity (Wildman–Crippen MR) is 98.2 cm³/mol. The molecule has 1 amide bonds. The first-order chi connectivity index (χ1) is 11.2. The maximum absolute atomic E-state index is 12.2. The summed E-state index contributed by atoms with van der Waals surface area (Å²) in [4.78, 5) is 16.6. The molecule has 0 radical (unpaired) electrons. The fraction of sp³-hybridized carbons (Fsp3) is 0.632. The van der Waals surface area contributed by atoms with Gasteiger partial charge in [0.15, 0.2) is 0 Å². The van der Waals surface area contributed by atoms with Crippen molar-refractivity contribution in [2.24, 2.45) is 0 Å². The number of nitrogens with zero attached hydrogens (tertiary/aromatic N) is 2. The van der Waals surface area contributed by atoms with Crippen molar-refractivity contribution in [1.82, 2.24) is 4.90 Å². The van der Waals surface area contributed by atoms with Crippen molar-refractivity contribution < 1.29 is 4.79 Å². The Kier molecular flexibility index (Phi) is 7.24. The van der Waals surface area contributed by atoms with Gasteiger partial charge in [-0.25, -0.2) is 0 Å². The van der Waals surface area contributed by atoms with E-state index in [0.29, 0.717) is 13.0 Å². The predicted octanol–water partition coefficient (Wildman–Crippen LogP) is 3.74. The number of carbonyl (C=O) groups excluding carboxylic acids is 1. The van der Waals surface area contributed by atoms with E-state index in [1.165, 1.54) is 31.6 Å². The summed E-state index contributed by atoms with van der Waals surface area (Å²) in [5.74, 6) is 0.259. The quantitative estimate of drug-likeness (QED) is 0.753. The van der Waals surface area contributed by atoms with E-state index in [9.17, 15) is 4.79 Å². The van der Waals surface area contributed by atoms with E-state index in [1.807, 2.05) is 4.90 Å². The van der Waals surface area contributed by atoms with Crippen molar-refractivity contribution in [3.63, 3.8) is 0 Å². The maximum Gasteiger partial charge on any atom is 0.224 e. The van der Waals surface area contributed by atoms with E-state index in [0.717, 1.165) is 31.6 Å². The second-order valence-corrected chi connectivity index (χ2v) is 6.30. The molecule has 1 aromatic rings. The molecule has 0 spiro atoms. The van der Waals surface area contributed by atoms with Crippen LogP contribution >= 0.6 is 0 Å². The van der Waals surface area contributed by atoms with Gasteiger partial charge >= 0.3 is 0 Å². The minimum atomic E-state index is 0.259. The van der Waals surface area contributed by atoms with Gasteiger partial charge in [-0.1, -0.05) is 13.8 Å². The summed E-state index contributed by atoms with van der Waals surface area (Å²) in [6, 6.07) is 8.59. The number of hydrogen-bond donors (Lipinski definition) is 1. The lowest BCUT2D eigenvalue weighted by Gasteiger charge is -2.21. The molecular weight excluding hydrogens is 286 g/mol. The molecule has 0 saturated carbocycles. The molecular formula is C19H31N3O. The smallest absolute Gasteiger partial charge is 0.224 e. The number of nitrogens with one attached hydrogen (secondary N) is 1. The third-order valence-corrected chi connectivity index (χ3v) is 4.35. The minimum Gasteiger partial charge on any atom is -0.385 e. The van der Waals surface area contributed by atoms with E-state index < -0.39 is 0 Å². The Balaban J connectivity index is 1.75. The molecule has 1 saturated heterocycles. The van der Waals surface area contributed by atoms with Crippen LogP contribution in [0.4, 0.5) is 11.4 Å². The molecule has 1 N–H and O–H groups in total. The normalized spacial score (nSPS) is 14.1. The number of amides is 1. The lowest BCUT2D eigenvalue weighted by Crippen LogP contribution is -2.33. The summed E-state index contributed by atoms with van der Waals surface area (Å²) >= 11 is 0. The highest BCUT2D eigenvalue weighted by atomic mass is 16.2. The topological polar surface area (TPSA) is 35.6 Å². The standard InChI is InChI=1S/C19H31N3O/c1-3-13-22(14-4-2)19(23)11-12-20-17-7-9-18(10-8-17)21-15-5-6-16-21/h7-10,20H,3-6,11-16H2,1-2H3. The average molecular weight is 317 g/mol. The highest BCUT2D eigenvalue weighted by Crippen LogP contribution is 2.21. The zero-order valence-electron chi connectivity index (χ0n) is 14.7. The molecule has 0 aliphatic carbocycles. The van der Waals surface area contributed by atoms with E-state index in [4.69, 9.17) is 0 Å². The largest absolute Gasteiger partial charge is 0.385 e. The number of carbonyl (C=O) groups is 1. The third-order valence-electron chi connectivity index (χ3n) is 4.35. The minimum absolute atomic E-state index is 0.259. The number of hydrogen-bond acceptors (Lipinski definition) is 3. The number of benzene rings is 1. The molecule has 2 rings (SSSR count). The summed E-state index contributed by atoms with van der Waals surface area (Å²) in [5.41, 5.74) is 2.40. The van der Waals surface area contributed by atoms with Crippen molar-refractivity contribution in [3.8, 4) is 0 Å². The van der Waals surface area contributed by atoms with Crippen LogP contribution in [0.25, 0.3) is 0 Å². The van der Waals surface area contributed by atoms with E-state index in [1.54, 1.807) is 0 Å². The van der Waals surface area contributed by atoms with Crippen LogP contribution in [0.3, 0.4) is 0 Å². The number of anilines is 2. The van der Waals surface area contributed by atoms with E-state index in [2.05, 4.69) is 48.3 Å². The van der Waals surface area contributed by atoms with Gasteiger partial charge in [0.2, 0.25) is 5.91 Å². The molecule has 23 heavy (non-hydrogen) atoms. The molecule has 4 heteroatoms. The van der Waals surface area contributed by atoms with Gasteiger partial charge in [0.05, 0.1) is 0 Å². The Morgan fingerprint density at radius 3 is 2.26 bits per heavy atom. The van der Waals surface area contributed by atoms with Gasteiger partial charge in [-0.05, 0) is 49.9 Å². The highest BCUT2D eigenvalue weighted by Gasteiger charge is 2.12. The Hall–Kier alpha value is -1.71. The zero-order valence-corrected chi connectivity index (χ0v) is 14.7. The van der Waals surface area contributed by atoms with Gasteiger partial charge in [0.25, 0.3) is 0 Å². The third kappa shape index (κ3) is 5.45. The summed E-state index contributed by atoms with van der Waals surface area (Å²) in [7, 11) is 0. The average Bonchev–Trinajstić information content (AvgIpc) is 3.10. The van der Waals surface area contributed by atoms with Crippen LogP contribution in [-0.2, 0) is 4.79 Å². The van der Waals surface area contributed by atoms with Crippen molar-refractivity contribution in [2.45, 2.75) is 46.0 Å². The van der Waals surface area contributed by atoms with Crippen LogP contribution in [0, 0.1) is 0 Å².